The van der Waals surface area contributed by atoms with Gasteiger partial charge in [0.1, 0.15) is 11.8 Å². The summed E-state index contributed by atoms with van der Waals surface area (Å²) in [5.74, 6) is -0.475. The van der Waals surface area contributed by atoms with Gasteiger partial charge in [0.25, 0.3) is 0 Å². The molecule has 0 radical (unpaired) electrons. The van der Waals surface area contributed by atoms with Crippen LogP contribution in [0.4, 0.5) is 0 Å². The summed E-state index contributed by atoms with van der Waals surface area (Å²) in [5.41, 5.74) is 0.262. The minimum absolute atomic E-state index is 0.143. The molecule has 2 aromatic rings. The molecular weight excluding hydrogens is 326 g/mol. The van der Waals surface area contributed by atoms with E-state index in [0.717, 1.165) is 4.88 Å². The van der Waals surface area contributed by atoms with E-state index in [9.17, 15) is 4.79 Å². The molecule has 0 bridgehead atoms. The SMILES string of the molecule is O=C(OCc1cccs1)c1cc(Br)cnc1Cl. The average molecular weight is 333 g/mol. The van der Waals surface area contributed by atoms with Crippen LogP contribution in [0.1, 0.15) is 15.2 Å². The van der Waals surface area contributed by atoms with Crippen molar-refractivity contribution in [1.29, 1.82) is 0 Å². The first kappa shape index (κ1) is 12.5. The molecule has 2 heterocycles. The highest BCUT2D eigenvalue weighted by Crippen LogP contribution is 2.20. The molecule has 0 spiro atoms. The zero-order valence-corrected chi connectivity index (χ0v) is 11.7. The van der Waals surface area contributed by atoms with E-state index in [-0.39, 0.29) is 17.3 Å². The van der Waals surface area contributed by atoms with Crippen LogP contribution < -0.4 is 0 Å². The number of carbonyl (C=O) groups is 1. The van der Waals surface area contributed by atoms with Crippen LogP contribution in [-0.2, 0) is 11.3 Å². The molecule has 0 aliphatic rings. The van der Waals surface area contributed by atoms with E-state index in [2.05, 4.69) is 20.9 Å². The molecule has 0 unspecified atom stereocenters. The maximum atomic E-state index is 11.8. The van der Waals surface area contributed by atoms with Crippen molar-refractivity contribution < 1.29 is 9.53 Å². The molecule has 2 rings (SSSR count). The summed E-state index contributed by atoms with van der Waals surface area (Å²) in [7, 11) is 0. The Bertz CT molecular complexity index is 530. The molecule has 6 heteroatoms. The van der Waals surface area contributed by atoms with Crippen LogP contribution in [0.5, 0.6) is 0 Å². The highest BCUT2D eigenvalue weighted by Gasteiger charge is 2.13. The lowest BCUT2D eigenvalue weighted by atomic mass is 10.3. The van der Waals surface area contributed by atoms with Gasteiger partial charge in [0.05, 0.1) is 5.56 Å². The van der Waals surface area contributed by atoms with Gasteiger partial charge in [0, 0.05) is 15.5 Å². The van der Waals surface area contributed by atoms with Gasteiger partial charge >= 0.3 is 5.97 Å². The number of carbonyl (C=O) groups excluding carboxylic acids is 1. The molecule has 3 nitrogen and oxygen atoms in total. The maximum Gasteiger partial charge on any atom is 0.341 e. The first-order valence-corrected chi connectivity index (χ1v) is 6.72. The van der Waals surface area contributed by atoms with Crippen LogP contribution in [0.25, 0.3) is 0 Å². The Morgan fingerprint density at radius 1 is 1.59 bits per heavy atom. The molecule has 0 amide bonds. The molecule has 0 atom stereocenters. The van der Waals surface area contributed by atoms with Crippen molar-refractivity contribution in [3.63, 3.8) is 0 Å². The number of nitrogens with zero attached hydrogens (tertiary/aromatic N) is 1. The third kappa shape index (κ3) is 3.28. The topological polar surface area (TPSA) is 39.2 Å². The van der Waals surface area contributed by atoms with Crippen molar-refractivity contribution in [2.24, 2.45) is 0 Å². The number of esters is 1. The van der Waals surface area contributed by atoms with E-state index < -0.39 is 5.97 Å². The number of hydrogen-bond acceptors (Lipinski definition) is 4. The second kappa shape index (κ2) is 5.62. The van der Waals surface area contributed by atoms with Gasteiger partial charge in [0.15, 0.2) is 0 Å². The van der Waals surface area contributed by atoms with Crippen LogP contribution in [0.15, 0.2) is 34.2 Å². The monoisotopic (exact) mass is 331 g/mol. The molecule has 0 aromatic carbocycles. The lowest BCUT2D eigenvalue weighted by Crippen LogP contribution is -2.06. The van der Waals surface area contributed by atoms with Crippen LogP contribution >= 0.6 is 38.9 Å². The van der Waals surface area contributed by atoms with E-state index in [1.807, 2.05) is 17.5 Å². The Morgan fingerprint density at radius 3 is 3.12 bits per heavy atom. The summed E-state index contributed by atoms with van der Waals surface area (Å²) in [6.45, 7) is 0.249. The summed E-state index contributed by atoms with van der Waals surface area (Å²) in [6.07, 6.45) is 1.53. The van der Waals surface area contributed by atoms with Crippen molar-refractivity contribution in [2.75, 3.05) is 0 Å². The van der Waals surface area contributed by atoms with E-state index in [0.29, 0.717) is 4.47 Å². The molecule has 0 aliphatic heterocycles. The van der Waals surface area contributed by atoms with Gasteiger partial charge in [-0.15, -0.1) is 11.3 Å². The Balaban J connectivity index is 2.07. The molecule has 0 fully saturated rings. The fourth-order valence-corrected chi connectivity index (χ4v) is 2.30. The number of thiophene rings is 1. The summed E-state index contributed by atoms with van der Waals surface area (Å²) in [5, 5.41) is 2.07. The fourth-order valence-electron chi connectivity index (χ4n) is 1.17. The third-order valence-electron chi connectivity index (χ3n) is 1.95. The second-order valence-electron chi connectivity index (χ2n) is 3.15. The van der Waals surface area contributed by atoms with E-state index in [1.54, 1.807) is 6.07 Å². The Hall–Kier alpha value is -0.910. The lowest BCUT2D eigenvalue weighted by Gasteiger charge is -2.04. The predicted molar refractivity (Wildman–Crippen MR) is 70.4 cm³/mol. The summed E-state index contributed by atoms with van der Waals surface area (Å²) < 4.78 is 5.82. The standard InChI is InChI=1S/C11H7BrClNO2S/c12-7-4-9(10(13)14-5-7)11(15)16-6-8-2-1-3-17-8/h1-5H,6H2. The molecule has 0 saturated carbocycles. The summed E-state index contributed by atoms with van der Waals surface area (Å²) >= 11 is 10.6. The van der Waals surface area contributed by atoms with E-state index >= 15 is 0 Å². The van der Waals surface area contributed by atoms with Gasteiger partial charge in [-0.1, -0.05) is 17.7 Å². The first-order chi connectivity index (χ1) is 8.16. The van der Waals surface area contributed by atoms with Crippen LogP contribution in [0.2, 0.25) is 5.15 Å². The molecule has 2 aromatic heterocycles. The van der Waals surface area contributed by atoms with Gasteiger partial charge in [-0.2, -0.15) is 0 Å². The van der Waals surface area contributed by atoms with Gasteiger partial charge in [0.2, 0.25) is 0 Å². The zero-order valence-electron chi connectivity index (χ0n) is 8.52. The maximum absolute atomic E-state index is 11.8. The molecule has 0 saturated heterocycles. The second-order valence-corrected chi connectivity index (χ2v) is 5.45. The van der Waals surface area contributed by atoms with Gasteiger partial charge < -0.3 is 4.74 Å². The largest absolute Gasteiger partial charge is 0.456 e. The van der Waals surface area contributed by atoms with Gasteiger partial charge in [-0.05, 0) is 33.4 Å². The summed E-state index contributed by atoms with van der Waals surface area (Å²) in [4.78, 5) is 16.6. The Kier molecular flexibility index (Phi) is 4.15. The fraction of sp³-hybridized carbons (Fsp3) is 0.0909. The van der Waals surface area contributed by atoms with Gasteiger partial charge in [-0.3, -0.25) is 0 Å². The number of hydrogen-bond donors (Lipinski definition) is 0. The van der Waals surface area contributed by atoms with Crippen molar-refractivity contribution in [3.8, 4) is 0 Å². The van der Waals surface area contributed by atoms with Gasteiger partial charge in [-0.25, -0.2) is 9.78 Å². The average Bonchev–Trinajstić information content (AvgIpc) is 2.82. The number of ether oxygens (including phenoxy) is 1. The molecule has 88 valence electrons. The highest BCUT2D eigenvalue weighted by molar-refractivity contribution is 9.10. The number of pyridine rings is 1. The molecular formula is C11H7BrClNO2S. The van der Waals surface area contributed by atoms with E-state index in [1.165, 1.54) is 17.5 Å². The smallest absolute Gasteiger partial charge is 0.341 e. The van der Waals surface area contributed by atoms with Crippen LogP contribution in [0.3, 0.4) is 0 Å². The van der Waals surface area contributed by atoms with E-state index in [4.69, 9.17) is 16.3 Å². The summed E-state index contributed by atoms with van der Waals surface area (Å²) in [6, 6.07) is 5.40. The molecule has 0 N–H and O–H groups in total. The zero-order chi connectivity index (χ0) is 12.3. The number of rotatable bonds is 3. The number of aromatic nitrogens is 1. The Morgan fingerprint density at radius 2 is 2.41 bits per heavy atom. The molecule has 17 heavy (non-hydrogen) atoms. The minimum Gasteiger partial charge on any atom is -0.456 e. The van der Waals surface area contributed by atoms with Crippen molar-refractivity contribution in [2.45, 2.75) is 6.61 Å². The van der Waals surface area contributed by atoms with Crippen molar-refractivity contribution >= 4 is 44.8 Å². The van der Waals surface area contributed by atoms with Crippen molar-refractivity contribution in [1.82, 2.24) is 4.98 Å². The quantitative estimate of drug-likeness (QED) is 0.632. The van der Waals surface area contributed by atoms with Crippen LogP contribution in [-0.4, -0.2) is 11.0 Å². The highest BCUT2D eigenvalue weighted by atomic mass is 79.9. The lowest BCUT2D eigenvalue weighted by molar-refractivity contribution is 0.0476. The normalized spacial score (nSPS) is 10.2. The van der Waals surface area contributed by atoms with Crippen LogP contribution in [0, 0.1) is 0 Å². The Labute approximate surface area is 116 Å². The number of halogens is 2. The first-order valence-electron chi connectivity index (χ1n) is 4.67. The molecule has 0 aliphatic carbocycles. The van der Waals surface area contributed by atoms with Crippen molar-refractivity contribution in [3.05, 3.63) is 49.8 Å². The minimum atomic E-state index is -0.475. The third-order valence-corrected chi connectivity index (χ3v) is 3.54. The predicted octanol–water partition coefficient (Wildman–Crippen LogP) is 3.92.